The summed E-state index contributed by atoms with van der Waals surface area (Å²) in [6, 6.07) is 51.6. The number of allylic oxidation sites excluding steroid dienone is 1. The highest BCUT2D eigenvalue weighted by atomic mass is 32.1. The van der Waals surface area contributed by atoms with Gasteiger partial charge in [-0.15, -0.1) is 11.3 Å². The lowest BCUT2D eigenvalue weighted by atomic mass is 9.71. The number of hydrogen-bond donors (Lipinski definition) is 0. The molecule has 7 aromatic carbocycles. The molecule has 0 spiro atoms. The van der Waals surface area contributed by atoms with Crippen molar-refractivity contribution in [3.63, 3.8) is 0 Å². The van der Waals surface area contributed by atoms with E-state index < -0.39 is 0 Å². The van der Waals surface area contributed by atoms with Crippen LogP contribution < -0.4 is 0 Å². The van der Waals surface area contributed by atoms with Crippen molar-refractivity contribution in [1.29, 1.82) is 0 Å². The Morgan fingerprint density at radius 1 is 0.523 bits per heavy atom. The van der Waals surface area contributed by atoms with Crippen LogP contribution in [0.5, 0.6) is 0 Å². The molecule has 44 heavy (non-hydrogen) atoms. The third-order valence-electron chi connectivity index (χ3n) is 9.68. The Bertz CT molecular complexity index is 2440. The van der Waals surface area contributed by atoms with Gasteiger partial charge in [0, 0.05) is 25.6 Å². The van der Waals surface area contributed by atoms with Gasteiger partial charge in [0.25, 0.3) is 0 Å². The van der Waals surface area contributed by atoms with E-state index in [1.165, 1.54) is 80.7 Å². The highest BCUT2D eigenvalue weighted by molar-refractivity contribution is 7.26. The van der Waals surface area contributed by atoms with Crippen LogP contribution in [-0.2, 0) is 11.8 Å². The summed E-state index contributed by atoms with van der Waals surface area (Å²) in [7, 11) is 0. The molecule has 1 heteroatoms. The molecule has 1 aliphatic carbocycles. The SMILES string of the molecule is CC1(c2cccc(-c3cccc(-c4cccc5c4sc4ccccc45)c3)c2)C=Cc2c(c3ccccc3c3ccccc23)C1. The maximum Gasteiger partial charge on any atom is 0.0433 e. The van der Waals surface area contributed by atoms with Gasteiger partial charge in [-0.3, -0.25) is 0 Å². The van der Waals surface area contributed by atoms with Crippen molar-refractivity contribution in [2.45, 2.75) is 18.8 Å². The number of thiophene rings is 1. The van der Waals surface area contributed by atoms with Crippen molar-refractivity contribution in [3.8, 4) is 22.3 Å². The Hall–Kier alpha value is -4.98. The van der Waals surface area contributed by atoms with Crippen LogP contribution in [0.4, 0.5) is 0 Å². The second-order valence-corrected chi connectivity index (χ2v) is 13.4. The summed E-state index contributed by atoms with van der Waals surface area (Å²) in [5.41, 5.74) is 9.16. The minimum atomic E-state index is -0.103. The number of fused-ring (bicyclic) bond motifs is 9. The third-order valence-corrected chi connectivity index (χ3v) is 10.9. The summed E-state index contributed by atoms with van der Waals surface area (Å²) in [5, 5.41) is 8.08. The molecule has 0 radical (unpaired) electrons. The van der Waals surface area contributed by atoms with E-state index >= 15 is 0 Å². The van der Waals surface area contributed by atoms with Crippen molar-refractivity contribution in [1.82, 2.24) is 0 Å². The first kappa shape index (κ1) is 25.5. The lowest BCUT2D eigenvalue weighted by Crippen LogP contribution is -2.25. The summed E-state index contributed by atoms with van der Waals surface area (Å²) in [6.45, 7) is 2.40. The van der Waals surface area contributed by atoms with Gasteiger partial charge >= 0.3 is 0 Å². The van der Waals surface area contributed by atoms with E-state index in [4.69, 9.17) is 0 Å². The van der Waals surface area contributed by atoms with Gasteiger partial charge in [-0.1, -0.05) is 146 Å². The van der Waals surface area contributed by atoms with Gasteiger partial charge in [0.2, 0.25) is 0 Å². The van der Waals surface area contributed by atoms with Crippen LogP contribution in [0.25, 0.3) is 70.0 Å². The van der Waals surface area contributed by atoms with E-state index in [1.54, 1.807) is 0 Å². The molecular formula is C43H30S. The van der Waals surface area contributed by atoms with Crippen LogP contribution in [0.1, 0.15) is 23.6 Å². The predicted molar refractivity (Wildman–Crippen MR) is 192 cm³/mol. The molecule has 1 unspecified atom stereocenters. The zero-order valence-corrected chi connectivity index (χ0v) is 25.4. The van der Waals surface area contributed by atoms with Crippen molar-refractivity contribution >= 4 is 59.1 Å². The van der Waals surface area contributed by atoms with Crippen LogP contribution in [0.15, 0.2) is 146 Å². The van der Waals surface area contributed by atoms with Gasteiger partial charge in [0.05, 0.1) is 0 Å². The molecule has 0 N–H and O–H groups in total. The first-order valence-corrected chi connectivity index (χ1v) is 16.2. The average Bonchev–Trinajstić information content (AvgIpc) is 3.47. The maximum absolute atomic E-state index is 2.44. The van der Waals surface area contributed by atoms with Gasteiger partial charge in [0.1, 0.15) is 0 Å². The van der Waals surface area contributed by atoms with E-state index in [2.05, 4.69) is 159 Å². The molecular weight excluding hydrogens is 549 g/mol. The Labute approximate surface area is 261 Å². The molecule has 1 aliphatic rings. The highest BCUT2D eigenvalue weighted by Gasteiger charge is 2.30. The van der Waals surface area contributed by atoms with Gasteiger partial charge in [-0.05, 0) is 79.0 Å². The zero-order chi connectivity index (χ0) is 29.3. The third kappa shape index (κ3) is 3.90. The molecule has 1 atom stereocenters. The normalized spacial score (nSPS) is 16.2. The fraction of sp³-hybridized carbons (Fsp3) is 0.0698. The monoisotopic (exact) mass is 578 g/mol. The standard InChI is InChI=1S/C43H30S/c1-43(24-23-37-35-17-3-2-15-33(35)34-16-4-5-18-36(34)40(37)27-43)31-14-9-12-29(26-31)28-11-8-13-30(25-28)32-20-10-21-39-38-19-6-7-22-41(38)44-42(32)39/h2-26H,27H2,1H3. The minimum absolute atomic E-state index is 0.103. The highest BCUT2D eigenvalue weighted by Crippen LogP contribution is 2.44. The summed E-state index contributed by atoms with van der Waals surface area (Å²) in [6.07, 6.45) is 5.79. The van der Waals surface area contributed by atoms with Crippen molar-refractivity contribution in [2.24, 2.45) is 0 Å². The van der Waals surface area contributed by atoms with E-state index in [9.17, 15) is 0 Å². The van der Waals surface area contributed by atoms with Gasteiger partial charge in [-0.2, -0.15) is 0 Å². The van der Waals surface area contributed by atoms with E-state index in [1.807, 2.05) is 11.3 Å². The quantitative estimate of drug-likeness (QED) is 0.183. The van der Waals surface area contributed by atoms with Crippen molar-refractivity contribution in [2.75, 3.05) is 0 Å². The molecule has 1 heterocycles. The van der Waals surface area contributed by atoms with E-state index in [-0.39, 0.29) is 5.41 Å². The smallest absolute Gasteiger partial charge is 0.0433 e. The molecule has 0 saturated heterocycles. The lowest BCUT2D eigenvalue weighted by Gasteiger charge is -2.33. The Balaban J connectivity index is 1.13. The van der Waals surface area contributed by atoms with E-state index in [0.29, 0.717) is 0 Å². The predicted octanol–water partition coefficient (Wildman–Crippen LogP) is 12.2. The largest absolute Gasteiger partial charge is 0.135 e. The van der Waals surface area contributed by atoms with Crippen molar-refractivity contribution < 1.29 is 0 Å². The molecule has 9 rings (SSSR count). The summed E-state index contributed by atoms with van der Waals surface area (Å²) < 4.78 is 2.70. The first-order chi connectivity index (χ1) is 21.7. The topological polar surface area (TPSA) is 0 Å². The molecule has 0 saturated carbocycles. The summed E-state index contributed by atoms with van der Waals surface area (Å²) in [5.74, 6) is 0. The fourth-order valence-electron chi connectivity index (χ4n) is 7.41. The average molecular weight is 579 g/mol. The fourth-order valence-corrected chi connectivity index (χ4v) is 8.65. The second-order valence-electron chi connectivity index (χ2n) is 12.4. The van der Waals surface area contributed by atoms with Crippen LogP contribution in [0, 0.1) is 0 Å². The molecule has 8 aromatic rings. The minimum Gasteiger partial charge on any atom is -0.135 e. The maximum atomic E-state index is 2.44. The summed E-state index contributed by atoms with van der Waals surface area (Å²) >= 11 is 1.89. The Morgan fingerprint density at radius 2 is 1.14 bits per heavy atom. The Kier molecular flexibility index (Phi) is 5.67. The van der Waals surface area contributed by atoms with Gasteiger partial charge < -0.3 is 0 Å². The molecule has 208 valence electrons. The number of benzene rings is 7. The lowest BCUT2D eigenvalue weighted by molar-refractivity contribution is 0.590. The van der Waals surface area contributed by atoms with Crippen LogP contribution in [0.3, 0.4) is 0 Å². The molecule has 0 amide bonds. The number of hydrogen-bond acceptors (Lipinski definition) is 1. The molecule has 0 aliphatic heterocycles. The van der Waals surface area contributed by atoms with Crippen LogP contribution in [0.2, 0.25) is 0 Å². The molecule has 0 bridgehead atoms. The first-order valence-electron chi connectivity index (χ1n) is 15.4. The molecule has 0 nitrogen and oxygen atoms in total. The van der Waals surface area contributed by atoms with Crippen LogP contribution in [-0.4, -0.2) is 0 Å². The van der Waals surface area contributed by atoms with Gasteiger partial charge in [0.15, 0.2) is 0 Å². The molecule has 0 fully saturated rings. The second kappa shape index (κ2) is 9.77. The molecule has 1 aromatic heterocycles. The van der Waals surface area contributed by atoms with Crippen molar-refractivity contribution in [3.05, 3.63) is 162 Å². The van der Waals surface area contributed by atoms with E-state index in [0.717, 1.165) is 6.42 Å². The Morgan fingerprint density at radius 3 is 1.98 bits per heavy atom. The summed E-state index contributed by atoms with van der Waals surface area (Å²) in [4.78, 5) is 0. The van der Waals surface area contributed by atoms with Gasteiger partial charge in [-0.25, -0.2) is 0 Å². The number of rotatable bonds is 3. The zero-order valence-electron chi connectivity index (χ0n) is 24.5. The van der Waals surface area contributed by atoms with Crippen LogP contribution >= 0.6 is 11.3 Å².